The van der Waals surface area contributed by atoms with Gasteiger partial charge in [0.25, 0.3) is 0 Å². The first-order chi connectivity index (χ1) is 8.16. The van der Waals surface area contributed by atoms with Gasteiger partial charge in [0, 0.05) is 11.5 Å². The zero-order valence-electron chi connectivity index (χ0n) is 9.30. The highest BCUT2D eigenvalue weighted by Crippen LogP contribution is 2.35. The lowest BCUT2D eigenvalue weighted by Crippen LogP contribution is -2.23. The van der Waals surface area contributed by atoms with Crippen LogP contribution in [0, 0.1) is 5.92 Å². The molecule has 1 saturated carbocycles. The lowest BCUT2D eigenvalue weighted by Gasteiger charge is -2.20. The lowest BCUT2D eigenvalue weighted by atomic mass is 9.95. The quantitative estimate of drug-likeness (QED) is 0.769. The first-order valence-corrected chi connectivity index (χ1v) is 7.16. The fraction of sp³-hybridized carbons (Fsp3) is 0.417. The average Bonchev–Trinajstić information content (AvgIpc) is 2.80. The Balaban J connectivity index is 2.13. The maximum Gasteiger partial charge on any atom is 0.428 e. The van der Waals surface area contributed by atoms with E-state index in [2.05, 4.69) is 4.40 Å². The second-order valence-corrected chi connectivity index (χ2v) is 5.67. The zero-order chi connectivity index (χ0) is 11.9. The van der Waals surface area contributed by atoms with Gasteiger partial charge in [-0.15, -0.1) is 4.40 Å². The first-order valence-electron chi connectivity index (χ1n) is 5.79. The Labute approximate surface area is 101 Å². The summed E-state index contributed by atoms with van der Waals surface area (Å²) >= 11 is 0. The van der Waals surface area contributed by atoms with E-state index in [4.69, 9.17) is 4.18 Å². The predicted molar refractivity (Wildman–Crippen MR) is 64.5 cm³/mol. The molecule has 2 aliphatic rings. The maximum absolute atomic E-state index is 11.6. The summed E-state index contributed by atoms with van der Waals surface area (Å²) in [5, 5.41) is 0. The van der Waals surface area contributed by atoms with E-state index < -0.39 is 10.3 Å². The number of hydrogen-bond acceptors (Lipinski definition) is 3. The van der Waals surface area contributed by atoms with Crippen molar-refractivity contribution in [2.45, 2.75) is 25.7 Å². The van der Waals surface area contributed by atoms with Gasteiger partial charge in [-0.05, 0) is 25.0 Å². The van der Waals surface area contributed by atoms with Crippen molar-refractivity contribution in [3.63, 3.8) is 0 Å². The molecular formula is C12H13NO3S. The second kappa shape index (κ2) is 3.84. The number of hydrogen-bond donors (Lipinski definition) is 0. The van der Waals surface area contributed by atoms with E-state index in [1.54, 1.807) is 12.1 Å². The molecule has 1 aliphatic carbocycles. The fourth-order valence-corrected chi connectivity index (χ4v) is 3.44. The smallest absolute Gasteiger partial charge is 0.365 e. The third-order valence-corrected chi connectivity index (χ3v) is 4.12. The van der Waals surface area contributed by atoms with E-state index >= 15 is 0 Å². The molecule has 3 rings (SSSR count). The van der Waals surface area contributed by atoms with Gasteiger partial charge in [0.05, 0.1) is 5.71 Å². The summed E-state index contributed by atoms with van der Waals surface area (Å²) < 4.78 is 31.8. The number of para-hydroxylation sites is 1. The van der Waals surface area contributed by atoms with Crippen LogP contribution in [0.15, 0.2) is 28.7 Å². The van der Waals surface area contributed by atoms with Gasteiger partial charge in [-0.3, -0.25) is 0 Å². The summed E-state index contributed by atoms with van der Waals surface area (Å²) in [4.78, 5) is 0. The molecule has 0 saturated heterocycles. The highest BCUT2D eigenvalue weighted by atomic mass is 32.2. The van der Waals surface area contributed by atoms with Crippen LogP contribution in [-0.4, -0.2) is 14.1 Å². The van der Waals surface area contributed by atoms with E-state index in [-0.39, 0.29) is 5.92 Å². The number of nitrogens with zero attached hydrogens (tertiary/aromatic N) is 1. The summed E-state index contributed by atoms with van der Waals surface area (Å²) in [6.07, 6.45) is 4.32. The molecule has 0 spiro atoms. The Hall–Kier alpha value is -1.36. The monoisotopic (exact) mass is 251 g/mol. The van der Waals surface area contributed by atoms with Crippen molar-refractivity contribution >= 4 is 16.0 Å². The summed E-state index contributed by atoms with van der Waals surface area (Å²) in [6.45, 7) is 0. The molecule has 17 heavy (non-hydrogen) atoms. The molecule has 0 amide bonds. The third kappa shape index (κ3) is 1.95. The van der Waals surface area contributed by atoms with Gasteiger partial charge in [0.1, 0.15) is 0 Å². The standard InChI is InChI=1S/C12H13NO3S/c14-17(15)13-12(9-5-1-2-6-9)10-7-3-4-8-11(10)16-17/h3-4,7-9H,1-2,5-6H2. The van der Waals surface area contributed by atoms with Crippen LogP contribution in [0.2, 0.25) is 0 Å². The fourth-order valence-electron chi connectivity index (χ4n) is 2.55. The Morgan fingerprint density at radius 2 is 1.88 bits per heavy atom. The minimum Gasteiger partial charge on any atom is -0.365 e. The van der Waals surface area contributed by atoms with E-state index in [0.717, 1.165) is 31.2 Å². The van der Waals surface area contributed by atoms with Gasteiger partial charge in [0.2, 0.25) is 0 Å². The highest BCUT2D eigenvalue weighted by molar-refractivity contribution is 7.86. The molecule has 1 aromatic rings. The van der Waals surface area contributed by atoms with Crippen molar-refractivity contribution in [3.05, 3.63) is 29.8 Å². The molecule has 0 unspecified atom stereocenters. The number of fused-ring (bicyclic) bond motifs is 1. The van der Waals surface area contributed by atoms with Crippen LogP contribution >= 0.6 is 0 Å². The van der Waals surface area contributed by atoms with Gasteiger partial charge in [-0.2, -0.15) is 8.42 Å². The van der Waals surface area contributed by atoms with Gasteiger partial charge in [0.15, 0.2) is 5.75 Å². The summed E-state index contributed by atoms with van der Waals surface area (Å²) in [5.74, 6) is 0.666. The number of benzene rings is 1. The zero-order valence-corrected chi connectivity index (χ0v) is 10.1. The van der Waals surface area contributed by atoms with Crippen LogP contribution in [0.1, 0.15) is 31.2 Å². The molecule has 0 aromatic heterocycles. The Bertz CT molecular complexity index is 571. The first kappa shape index (κ1) is 10.8. The summed E-state index contributed by atoms with van der Waals surface area (Å²) in [5.41, 5.74) is 1.51. The summed E-state index contributed by atoms with van der Waals surface area (Å²) in [7, 11) is -3.79. The Morgan fingerprint density at radius 3 is 2.65 bits per heavy atom. The minimum atomic E-state index is -3.79. The topological polar surface area (TPSA) is 55.7 Å². The average molecular weight is 251 g/mol. The van der Waals surface area contributed by atoms with Gasteiger partial charge >= 0.3 is 10.3 Å². The van der Waals surface area contributed by atoms with Crippen LogP contribution in [0.3, 0.4) is 0 Å². The minimum absolute atomic E-state index is 0.259. The molecule has 1 fully saturated rings. The van der Waals surface area contributed by atoms with E-state index in [1.165, 1.54) is 0 Å². The highest BCUT2D eigenvalue weighted by Gasteiger charge is 2.31. The van der Waals surface area contributed by atoms with Crippen LogP contribution in [0.4, 0.5) is 0 Å². The molecule has 5 heteroatoms. The van der Waals surface area contributed by atoms with E-state index in [1.807, 2.05) is 12.1 Å². The van der Waals surface area contributed by atoms with Crippen molar-refractivity contribution < 1.29 is 12.6 Å². The summed E-state index contributed by atoms with van der Waals surface area (Å²) in [6, 6.07) is 7.20. The largest absolute Gasteiger partial charge is 0.428 e. The molecule has 0 radical (unpaired) electrons. The molecule has 0 N–H and O–H groups in total. The SMILES string of the molecule is O=S1(=O)N=C(C2CCCC2)c2ccccc2O1. The van der Waals surface area contributed by atoms with Crippen molar-refractivity contribution in [2.24, 2.45) is 10.3 Å². The second-order valence-electron chi connectivity index (χ2n) is 4.47. The molecule has 1 aromatic carbocycles. The van der Waals surface area contributed by atoms with Gasteiger partial charge in [-0.1, -0.05) is 25.0 Å². The molecule has 90 valence electrons. The van der Waals surface area contributed by atoms with Crippen molar-refractivity contribution in [3.8, 4) is 5.75 Å². The van der Waals surface area contributed by atoms with Crippen LogP contribution in [-0.2, 0) is 10.3 Å². The Kier molecular flexibility index (Phi) is 2.43. The number of rotatable bonds is 1. The van der Waals surface area contributed by atoms with Crippen LogP contribution in [0.5, 0.6) is 5.75 Å². The van der Waals surface area contributed by atoms with Crippen molar-refractivity contribution in [1.82, 2.24) is 0 Å². The third-order valence-electron chi connectivity index (χ3n) is 3.31. The lowest BCUT2D eigenvalue weighted by molar-refractivity contribution is 0.483. The normalized spacial score (nSPS) is 22.7. The molecule has 0 bridgehead atoms. The van der Waals surface area contributed by atoms with E-state index in [9.17, 15) is 8.42 Å². The molecular weight excluding hydrogens is 238 g/mol. The molecule has 0 atom stereocenters. The van der Waals surface area contributed by atoms with Crippen molar-refractivity contribution in [1.29, 1.82) is 0 Å². The molecule has 4 nitrogen and oxygen atoms in total. The Morgan fingerprint density at radius 1 is 1.18 bits per heavy atom. The van der Waals surface area contributed by atoms with Gasteiger partial charge < -0.3 is 4.18 Å². The maximum atomic E-state index is 11.6. The predicted octanol–water partition coefficient (Wildman–Crippen LogP) is 2.30. The molecule has 1 aliphatic heterocycles. The van der Waals surface area contributed by atoms with Crippen molar-refractivity contribution in [2.75, 3.05) is 0 Å². The van der Waals surface area contributed by atoms with Crippen LogP contribution < -0.4 is 4.18 Å². The molecule has 1 heterocycles. The van der Waals surface area contributed by atoms with Gasteiger partial charge in [-0.25, -0.2) is 0 Å². The van der Waals surface area contributed by atoms with Crippen LogP contribution in [0.25, 0.3) is 0 Å². The van der Waals surface area contributed by atoms with E-state index in [0.29, 0.717) is 11.5 Å².